The van der Waals surface area contributed by atoms with Gasteiger partial charge in [0.2, 0.25) is 11.7 Å². The van der Waals surface area contributed by atoms with E-state index in [4.69, 9.17) is 4.74 Å². The molecule has 2 aromatic carbocycles. The number of halogens is 2. The highest BCUT2D eigenvalue weighted by atomic mass is 19.1. The van der Waals surface area contributed by atoms with Crippen molar-refractivity contribution in [1.82, 2.24) is 0 Å². The molecule has 0 aliphatic rings. The maximum atomic E-state index is 13.2. The Balaban J connectivity index is 2.04. The lowest BCUT2D eigenvalue weighted by molar-refractivity contribution is -0.123. The zero-order chi connectivity index (χ0) is 21.1. The molecule has 0 aliphatic carbocycles. The molecule has 0 fully saturated rings. The predicted molar refractivity (Wildman–Crippen MR) is 100 cm³/mol. The summed E-state index contributed by atoms with van der Waals surface area (Å²) in [5, 5.41) is 2.73. The van der Waals surface area contributed by atoms with E-state index in [1.54, 1.807) is 32.9 Å². The van der Waals surface area contributed by atoms with Crippen LogP contribution in [0.3, 0.4) is 0 Å². The van der Waals surface area contributed by atoms with E-state index in [1.165, 1.54) is 19.1 Å². The summed E-state index contributed by atoms with van der Waals surface area (Å²) in [6.07, 6.45) is -1.16. The van der Waals surface area contributed by atoms with Gasteiger partial charge in [-0.15, -0.1) is 0 Å². The van der Waals surface area contributed by atoms with Crippen LogP contribution < -0.4 is 5.32 Å². The molecular formula is C21H21F2NO4. The Hall–Kier alpha value is -3.09. The lowest BCUT2D eigenvalue weighted by Gasteiger charge is -2.18. The van der Waals surface area contributed by atoms with Gasteiger partial charge in [0, 0.05) is 22.7 Å². The first-order chi connectivity index (χ1) is 13.0. The second-order valence-electron chi connectivity index (χ2n) is 7.35. The Morgan fingerprint density at radius 3 is 1.96 bits per heavy atom. The van der Waals surface area contributed by atoms with Crippen molar-refractivity contribution < 1.29 is 27.9 Å². The van der Waals surface area contributed by atoms with Gasteiger partial charge >= 0.3 is 5.97 Å². The Bertz CT molecular complexity index is 881. The largest absolute Gasteiger partial charge is 0.451 e. The summed E-state index contributed by atoms with van der Waals surface area (Å²) in [6, 6.07) is 8.40. The number of Topliss-reactive ketones (excluding diaryl/α,β-unsaturated/α-hetero) is 1. The SMILES string of the molecule is C[C@H](OC(=O)c1cc(F)cc(F)c1)C(=O)c1ccc(NC(=O)C(C)(C)C)cc1. The molecule has 28 heavy (non-hydrogen) atoms. The standard InChI is InChI=1S/C21H21F2NO4/c1-12(28-19(26)14-9-15(22)11-16(23)10-14)18(25)13-5-7-17(8-6-13)24-20(27)21(2,3)4/h5-12H,1-4H3,(H,24,27)/t12-/m0/s1. The summed E-state index contributed by atoms with van der Waals surface area (Å²) in [5.41, 5.74) is -0.0960. The number of amides is 1. The van der Waals surface area contributed by atoms with Crippen LogP contribution >= 0.6 is 0 Å². The van der Waals surface area contributed by atoms with E-state index in [2.05, 4.69) is 5.32 Å². The van der Waals surface area contributed by atoms with Crippen LogP contribution in [0.2, 0.25) is 0 Å². The normalized spacial score (nSPS) is 12.2. The van der Waals surface area contributed by atoms with Crippen LogP contribution in [0.15, 0.2) is 42.5 Å². The Morgan fingerprint density at radius 1 is 0.929 bits per heavy atom. The molecular weight excluding hydrogens is 368 g/mol. The zero-order valence-electron chi connectivity index (χ0n) is 16.0. The predicted octanol–water partition coefficient (Wildman–Crippen LogP) is 4.38. The van der Waals surface area contributed by atoms with E-state index in [0.29, 0.717) is 11.8 Å². The summed E-state index contributed by atoms with van der Waals surface area (Å²) in [5.74, 6) is -3.50. The van der Waals surface area contributed by atoms with E-state index < -0.39 is 34.9 Å². The molecule has 0 saturated carbocycles. The van der Waals surface area contributed by atoms with Crippen LogP contribution in [-0.4, -0.2) is 23.8 Å². The number of ether oxygens (including phenoxy) is 1. The van der Waals surface area contributed by atoms with Crippen molar-refractivity contribution in [2.45, 2.75) is 33.8 Å². The molecule has 0 aliphatic heterocycles. The summed E-state index contributed by atoms with van der Waals surface area (Å²) < 4.78 is 31.4. The van der Waals surface area contributed by atoms with Crippen molar-refractivity contribution in [3.63, 3.8) is 0 Å². The van der Waals surface area contributed by atoms with Gasteiger partial charge in [-0.3, -0.25) is 9.59 Å². The van der Waals surface area contributed by atoms with Gasteiger partial charge < -0.3 is 10.1 Å². The van der Waals surface area contributed by atoms with Crippen molar-refractivity contribution in [3.05, 3.63) is 65.2 Å². The number of carbonyl (C=O) groups is 3. The summed E-state index contributed by atoms with van der Waals surface area (Å²) in [4.78, 5) is 36.4. The first-order valence-corrected chi connectivity index (χ1v) is 8.60. The minimum Gasteiger partial charge on any atom is -0.451 e. The highest BCUT2D eigenvalue weighted by Gasteiger charge is 2.23. The number of carbonyl (C=O) groups excluding carboxylic acids is 3. The van der Waals surface area contributed by atoms with E-state index >= 15 is 0 Å². The summed E-state index contributed by atoms with van der Waals surface area (Å²) in [6.45, 7) is 6.70. The number of hydrogen-bond donors (Lipinski definition) is 1. The lowest BCUT2D eigenvalue weighted by atomic mass is 9.95. The third-order valence-corrected chi connectivity index (χ3v) is 3.86. The number of ketones is 1. The topological polar surface area (TPSA) is 72.5 Å². The molecule has 148 valence electrons. The molecule has 0 aromatic heterocycles. The second-order valence-corrected chi connectivity index (χ2v) is 7.35. The third-order valence-electron chi connectivity index (χ3n) is 3.86. The number of esters is 1. The van der Waals surface area contributed by atoms with Crippen LogP contribution in [0.5, 0.6) is 0 Å². The maximum absolute atomic E-state index is 13.2. The average molecular weight is 389 g/mol. The average Bonchev–Trinajstić information content (AvgIpc) is 2.60. The van der Waals surface area contributed by atoms with E-state index in [-0.39, 0.29) is 17.0 Å². The highest BCUT2D eigenvalue weighted by Crippen LogP contribution is 2.19. The molecule has 0 spiro atoms. The number of nitrogens with one attached hydrogen (secondary N) is 1. The Morgan fingerprint density at radius 2 is 1.46 bits per heavy atom. The smallest absolute Gasteiger partial charge is 0.339 e. The van der Waals surface area contributed by atoms with Crippen molar-refractivity contribution in [2.24, 2.45) is 5.41 Å². The van der Waals surface area contributed by atoms with Crippen LogP contribution in [0.25, 0.3) is 0 Å². The Labute approximate surface area is 161 Å². The van der Waals surface area contributed by atoms with Crippen LogP contribution in [0.1, 0.15) is 48.4 Å². The molecule has 0 saturated heterocycles. The Kier molecular flexibility index (Phi) is 6.28. The van der Waals surface area contributed by atoms with Gasteiger partial charge in [0.15, 0.2) is 6.10 Å². The van der Waals surface area contributed by atoms with Gasteiger partial charge in [-0.1, -0.05) is 20.8 Å². The minimum absolute atomic E-state index is 0.170. The first-order valence-electron chi connectivity index (χ1n) is 8.60. The van der Waals surface area contributed by atoms with Gasteiger partial charge in [0.1, 0.15) is 11.6 Å². The van der Waals surface area contributed by atoms with Crippen LogP contribution in [-0.2, 0) is 9.53 Å². The van der Waals surface area contributed by atoms with Crippen molar-refractivity contribution >= 4 is 23.3 Å². The summed E-state index contributed by atoms with van der Waals surface area (Å²) in [7, 11) is 0. The fraction of sp³-hybridized carbons (Fsp3) is 0.286. The van der Waals surface area contributed by atoms with Gasteiger partial charge in [-0.25, -0.2) is 13.6 Å². The first kappa shape index (κ1) is 21.2. The monoisotopic (exact) mass is 389 g/mol. The maximum Gasteiger partial charge on any atom is 0.339 e. The minimum atomic E-state index is -1.16. The van der Waals surface area contributed by atoms with E-state index in [1.807, 2.05) is 0 Å². The summed E-state index contributed by atoms with van der Waals surface area (Å²) >= 11 is 0. The zero-order valence-corrected chi connectivity index (χ0v) is 16.0. The van der Waals surface area contributed by atoms with E-state index in [0.717, 1.165) is 12.1 Å². The number of benzene rings is 2. The van der Waals surface area contributed by atoms with Gasteiger partial charge in [0.25, 0.3) is 0 Å². The molecule has 2 rings (SSSR count). The third kappa shape index (κ3) is 5.45. The number of rotatable bonds is 5. The highest BCUT2D eigenvalue weighted by molar-refractivity contribution is 6.02. The van der Waals surface area contributed by atoms with Crippen molar-refractivity contribution in [1.29, 1.82) is 0 Å². The second kappa shape index (κ2) is 8.29. The number of anilines is 1. The molecule has 0 radical (unpaired) electrons. The van der Waals surface area contributed by atoms with Crippen LogP contribution in [0.4, 0.5) is 14.5 Å². The van der Waals surface area contributed by atoms with Gasteiger partial charge in [0.05, 0.1) is 5.56 Å². The molecule has 1 amide bonds. The molecule has 5 nitrogen and oxygen atoms in total. The fourth-order valence-electron chi connectivity index (χ4n) is 2.22. The molecule has 1 atom stereocenters. The molecule has 0 heterocycles. The van der Waals surface area contributed by atoms with Gasteiger partial charge in [-0.2, -0.15) is 0 Å². The fourth-order valence-corrected chi connectivity index (χ4v) is 2.22. The molecule has 1 N–H and O–H groups in total. The molecule has 0 unspecified atom stereocenters. The lowest BCUT2D eigenvalue weighted by Crippen LogP contribution is -2.27. The van der Waals surface area contributed by atoms with E-state index in [9.17, 15) is 23.2 Å². The number of hydrogen-bond acceptors (Lipinski definition) is 4. The molecule has 2 aromatic rings. The van der Waals surface area contributed by atoms with Crippen molar-refractivity contribution in [2.75, 3.05) is 5.32 Å². The molecule has 7 heteroatoms. The quantitative estimate of drug-likeness (QED) is 0.609. The van der Waals surface area contributed by atoms with Gasteiger partial charge in [-0.05, 0) is 43.3 Å². The van der Waals surface area contributed by atoms with Crippen molar-refractivity contribution in [3.8, 4) is 0 Å². The molecule has 0 bridgehead atoms. The van der Waals surface area contributed by atoms with Crippen LogP contribution in [0, 0.1) is 17.0 Å².